The predicted molar refractivity (Wildman–Crippen MR) is 106 cm³/mol. The van der Waals surface area contributed by atoms with Gasteiger partial charge < -0.3 is 9.47 Å². The van der Waals surface area contributed by atoms with Crippen LogP contribution in [0.4, 0.5) is 0 Å². The molecule has 0 amide bonds. The maximum Gasteiger partial charge on any atom is 0.240 e. The Kier molecular flexibility index (Phi) is 5.82. The van der Waals surface area contributed by atoms with Crippen molar-refractivity contribution in [2.24, 2.45) is 0 Å². The zero-order chi connectivity index (χ0) is 18.7. The molecule has 0 aromatic heterocycles. The van der Waals surface area contributed by atoms with Crippen LogP contribution in [0.25, 0.3) is 0 Å². The Morgan fingerprint density at radius 1 is 0.640 bits per heavy atom. The molecular weight excluding hydrogens is 308 g/mol. The lowest BCUT2D eigenvalue weighted by Crippen LogP contribution is -2.23. The molecule has 0 fully saturated rings. The van der Waals surface area contributed by atoms with Crippen LogP contribution in [0.5, 0.6) is 11.5 Å². The van der Waals surface area contributed by atoms with E-state index in [0.29, 0.717) is 0 Å². The Morgan fingerprint density at radius 3 is 1.20 bits per heavy atom. The fourth-order valence-corrected chi connectivity index (χ4v) is 2.56. The standard InChI is InChI=1S/C23H32O2/c1-8-21(24-19-13-9-17(10-14-19)22(2,3)4)25-20-15-11-18(12-16-20)23(5,6)7/h9-16,21H,8H2,1-7H3. The molecule has 2 nitrogen and oxygen atoms in total. The summed E-state index contributed by atoms with van der Waals surface area (Å²) in [5.74, 6) is 1.68. The van der Waals surface area contributed by atoms with Crippen LogP contribution in [-0.2, 0) is 10.8 Å². The third-order valence-corrected chi connectivity index (χ3v) is 4.31. The molecule has 2 aromatic rings. The largest absolute Gasteiger partial charge is 0.455 e. The molecule has 0 heterocycles. The molecule has 0 unspecified atom stereocenters. The quantitative estimate of drug-likeness (QED) is 0.580. The van der Waals surface area contributed by atoms with Crippen LogP contribution in [0.3, 0.4) is 0 Å². The molecule has 0 saturated heterocycles. The van der Waals surface area contributed by atoms with Gasteiger partial charge in [0.1, 0.15) is 11.5 Å². The highest BCUT2D eigenvalue weighted by Crippen LogP contribution is 2.27. The lowest BCUT2D eigenvalue weighted by Gasteiger charge is -2.22. The van der Waals surface area contributed by atoms with E-state index in [1.165, 1.54) is 11.1 Å². The number of ether oxygens (including phenoxy) is 2. The fourth-order valence-electron chi connectivity index (χ4n) is 2.56. The van der Waals surface area contributed by atoms with Gasteiger partial charge >= 0.3 is 0 Å². The number of hydrogen-bond donors (Lipinski definition) is 0. The molecule has 2 rings (SSSR count). The summed E-state index contributed by atoms with van der Waals surface area (Å²) in [4.78, 5) is 0. The molecule has 2 aromatic carbocycles. The second-order valence-corrected chi connectivity index (χ2v) is 8.62. The first-order valence-electron chi connectivity index (χ1n) is 9.14. The van der Waals surface area contributed by atoms with E-state index in [1.54, 1.807) is 0 Å². The van der Waals surface area contributed by atoms with Gasteiger partial charge in [-0.25, -0.2) is 0 Å². The second-order valence-electron chi connectivity index (χ2n) is 8.62. The van der Waals surface area contributed by atoms with E-state index < -0.39 is 0 Å². The topological polar surface area (TPSA) is 18.5 Å². The molecular formula is C23H32O2. The van der Waals surface area contributed by atoms with Crippen molar-refractivity contribution in [1.82, 2.24) is 0 Å². The van der Waals surface area contributed by atoms with Gasteiger partial charge in [0.15, 0.2) is 0 Å². The monoisotopic (exact) mass is 340 g/mol. The molecule has 0 spiro atoms. The van der Waals surface area contributed by atoms with E-state index in [4.69, 9.17) is 9.47 Å². The van der Waals surface area contributed by atoms with Crippen molar-refractivity contribution in [3.05, 3.63) is 59.7 Å². The predicted octanol–water partition coefficient (Wildman–Crippen LogP) is 6.48. The molecule has 0 aliphatic rings. The maximum absolute atomic E-state index is 6.01. The van der Waals surface area contributed by atoms with Gasteiger partial charge in [-0.2, -0.15) is 0 Å². The van der Waals surface area contributed by atoms with E-state index in [9.17, 15) is 0 Å². The first kappa shape index (κ1) is 19.4. The summed E-state index contributed by atoms with van der Waals surface area (Å²) in [6.07, 6.45) is 0.489. The highest BCUT2D eigenvalue weighted by molar-refractivity contribution is 5.32. The van der Waals surface area contributed by atoms with Crippen molar-refractivity contribution in [2.75, 3.05) is 0 Å². The van der Waals surface area contributed by atoms with Gasteiger partial charge in [0.25, 0.3) is 0 Å². The summed E-state index contributed by atoms with van der Waals surface area (Å²) in [6.45, 7) is 15.3. The van der Waals surface area contributed by atoms with E-state index in [1.807, 2.05) is 24.3 Å². The summed E-state index contributed by atoms with van der Waals surface area (Å²) in [6, 6.07) is 16.6. The lowest BCUT2D eigenvalue weighted by molar-refractivity contribution is 0.00327. The highest BCUT2D eigenvalue weighted by Gasteiger charge is 2.16. The average Bonchev–Trinajstić information content (AvgIpc) is 2.53. The summed E-state index contributed by atoms with van der Waals surface area (Å²) in [5.41, 5.74) is 2.89. The van der Waals surface area contributed by atoms with Gasteiger partial charge in [-0.15, -0.1) is 0 Å². The van der Waals surface area contributed by atoms with Crippen molar-refractivity contribution in [3.63, 3.8) is 0 Å². The van der Waals surface area contributed by atoms with Crippen LogP contribution in [0.1, 0.15) is 66.0 Å². The highest BCUT2D eigenvalue weighted by atomic mass is 16.7. The maximum atomic E-state index is 6.01. The Bertz CT molecular complexity index is 596. The van der Waals surface area contributed by atoms with Crippen molar-refractivity contribution in [3.8, 4) is 11.5 Å². The van der Waals surface area contributed by atoms with Gasteiger partial charge in [0, 0.05) is 6.42 Å². The molecule has 0 aliphatic heterocycles. The van der Waals surface area contributed by atoms with Crippen molar-refractivity contribution < 1.29 is 9.47 Å². The van der Waals surface area contributed by atoms with Gasteiger partial charge in [-0.3, -0.25) is 0 Å². The summed E-state index contributed by atoms with van der Waals surface area (Å²) in [7, 11) is 0. The van der Waals surface area contributed by atoms with Crippen molar-refractivity contribution in [1.29, 1.82) is 0 Å². The third-order valence-electron chi connectivity index (χ3n) is 4.31. The van der Waals surface area contributed by atoms with E-state index in [0.717, 1.165) is 17.9 Å². The Balaban J connectivity index is 2.03. The normalized spacial score (nSPS) is 12.3. The molecule has 0 atom stereocenters. The number of hydrogen-bond acceptors (Lipinski definition) is 2. The van der Waals surface area contributed by atoms with Gasteiger partial charge in [0.2, 0.25) is 6.29 Å². The molecule has 0 bridgehead atoms. The summed E-state index contributed by atoms with van der Waals surface area (Å²) >= 11 is 0. The Labute approximate surface area is 153 Å². The summed E-state index contributed by atoms with van der Waals surface area (Å²) < 4.78 is 12.0. The fraction of sp³-hybridized carbons (Fsp3) is 0.478. The lowest BCUT2D eigenvalue weighted by atomic mass is 9.87. The molecule has 0 N–H and O–H groups in total. The first-order chi connectivity index (χ1) is 11.6. The smallest absolute Gasteiger partial charge is 0.240 e. The van der Waals surface area contributed by atoms with E-state index in [2.05, 4.69) is 72.7 Å². The SMILES string of the molecule is CCC(Oc1ccc(C(C)(C)C)cc1)Oc1ccc(C(C)(C)C)cc1. The van der Waals surface area contributed by atoms with E-state index in [-0.39, 0.29) is 17.1 Å². The van der Waals surface area contributed by atoms with Gasteiger partial charge in [-0.1, -0.05) is 72.7 Å². The molecule has 2 heteroatoms. The molecule has 136 valence electrons. The van der Waals surface area contributed by atoms with Gasteiger partial charge in [-0.05, 0) is 46.2 Å². The Hall–Kier alpha value is -1.96. The van der Waals surface area contributed by atoms with Crippen LogP contribution in [-0.4, -0.2) is 6.29 Å². The zero-order valence-corrected chi connectivity index (χ0v) is 16.7. The van der Waals surface area contributed by atoms with Crippen LogP contribution >= 0.6 is 0 Å². The third kappa shape index (κ3) is 5.52. The minimum Gasteiger partial charge on any atom is -0.455 e. The van der Waals surface area contributed by atoms with Crippen molar-refractivity contribution >= 4 is 0 Å². The number of benzene rings is 2. The minimum atomic E-state index is -0.291. The second kappa shape index (κ2) is 7.51. The van der Waals surface area contributed by atoms with Crippen LogP contribution in [0.2, 0.25) is 0 Å². The minimum absolute atomic E-state index is 0.147. The molecule has 0 aliphatic carbocycles. The molecule has 0 radical (unpaired) electrons. The zero-order valence-electron chi connectivity index (χ0n) is 16.7. The van der Waals surface area contributed by atoms with E-state index >= 15 is 0 Å². The van der Waals surface area contributed by atoms with Gasteiger partial charge in [0.05, 0.1) is 0 Å². The van der Waals surface area contributed by atoms with Crippen molar-refractivity contribution in [2.45, 2.75) is 72.0 Å². The van der Waals surface area contributed by atoms with Crippen LogP contribution < -0.4 is 9.47 Å². The summed E-state index contributed by atoms with van der Waals surface area (Å²) in [5, 5.41) is 0. The van der Waals surface area contributed by atoms with Crippen LogP contribution in [0, 0.1) is 0 Å². The number of rotatable bonds is 5. The molecule has 25 heavy (non-hydrogen) atoms. The average molecular weight is 341 g/mol. The molecule has 0 saturated carbocycles. The Morgan fingerprint density at radius 2 is 0.960 bits per heavy atom. The van der Waals surface area contributed by atoms with Crippen LogP contribution in [0.15, 0.2) is 48.5 Å². The first-order valence-corrected chi connectivity index (χ1v) is 9.14.